The van der Waals surface area contributed by atoms with Gasteiger partial charge in [0.25, 0.3) is 5.91 Å². The Kier molecular flexibility index (Phi) is 6.25. The molecule has 1 aliphatic heterocycles. The van der Waals surface area contributed by atoms with Crippen LogP contribution in [0.4, 0.5) is 5.82 Å². The van der Waals surface area contributed by atoms with E-state index in [1.54, 1.807) is 14.1 Å². The number of anilines is 1. The third kappa shape index (κ3) is 4.01. The van der Waals surface area contributed by atoms with Gasteiger partial charge in [0.05, 0.1) is 5.60 Å². The predicted molar refractivity (Wildman–Crippen MR) is 111 cm³/mol. The highest BCUT2D eigenvalue weighted by Gasteiger charge is 2.40. The summed E-state index contributed by atoms with van der Waals surface area (Å²) < 4.78 is 5.94. The highest BCUT2D eigenvalue weighted by atomic mass is 16.5. The fourth-order valence-corrected chi connectivity index (χ4v) is 4.60. The van der Waals surface area contributed by atoms with E-state index in [0.29, 0.717) is 12.1 Å². The molecule has 2 fully saturated rings. The monoisotopic (exact) mass is 389 g/mol. The van der Waals surface area contributed by atoms with E-state index in [9.17, 15) is 4.79 Å². The van der Waals surface area contributed by atoms with Gasteiger partial charge in [-0.1, -0.05) is 12.8 Å². The van der Waals surface area contributed by atoms with Crippen molar-refractivity contribution in [2.24, 2.45) is 0 Å². The summed E-state index contributed by atoms with van der Waals surface area (Å²) in [7, 11) is 5.31. The maximum atomic E-state index is 12.4. The highest BCUT2D eigenvalue weighted by molar-refractivity contribution is 5.90. The Morgan fingerprint density at radius 2 is 1.96 bits per heavy atom. The van der Waals surface area contributed by atoms with Gasteiger partial charge in [-0.25, -0.2) is 9.97 Å². The first kappa shape index (κ1) is 21.0. The molecule has 1 N–H and O–H groups in total. The molecule has 3 rings (SSSR count). The lowest BCUT2D eigenvalue weighted by Crippen LogP contribution is -2.52. The lowest BCUT2D eigenvalue weighted by atomic mass is 9.92. The molecule has 0 aromatic carbocycles. The van der Waals surface area contributed by atoms with Crippen molar-refractivity contribution in [3.05, 3.63) is 17.1 Å². The molecule has 1 amide bonds. The zero-order valence-corrected chi connectivity index (χ0v) is 18.2. The molecule has 7 nitrogen and oxygen atoms in total. The van der Waals surface area contributed by atoms with Crippen molar-refractivity contribution in [3.8, 4) is 0 Å². The Bertz CT molecular complexity index is 715. The average Bonchev–Trinajstić information content (AvgIpc) is 3.33. The van der Waals surface area contributed by atoms with E-state index >= 15 is 0 Å². The van der Waals surface area contributed by atoms with Gasteiger partial charge in [-0.05, 0) is 40.0 Å². The van der Waals surface area contributed by atoms with Gasteiger partial charge in [0.2, 0.25) is 5.82 Å². The Morgan fingerprint density at radius 3 is 2.57 bits per heavy atom. The van der Waals surface area contributed by atoms with Crippen LogP contribution >= 0.6 is 0 Å². The van der Waals surface area contributed by atoms with Crippen molar-refractivity contribution in [2.45, 2.75) is 70.6 Å². The molecule has 2 atom stereocenters. The summed E-state index contributed by atoms with van der Waals surface area (Å²) >= 11 is 0. The molecule has 0 bridgehead atoms. The molecule has 1 aromatic heterocycles. The summed E-state index contributed by atoms with van der Waals surface area (Å²) in [4.78, 5) is 25.2. The molecular weight excluding hydrogens is 354 g/mol. The Morgan fingerprint density at radius 1 is 1.29 bits per heavy atom. The quantitative estimate of drug-likeness (QED) is 0.805. The molecule has 1 aliphatic carbocycles. The second-order valence-corrected chi connectivity index (χ2v) is 8.58. The van der Waals surface area contributed by atoms with Gasteiger partial charge in [-0.3, -0.25) is 4.79 Å². The maximum Gasteiger partial charge on any atom is 0.291 e. The van der Waals surface area contributed by atoms with Gasteiger partial charge >= 0.3 is 0 Å². The van der Waals surface area contributed by atoms with E-state index in [0.717, 1.165) is 49.4 Å². The summed E-state index contributed by atoms with van der Waals surface area (Å²) in [6.45, 7) is 8.05. The third-order valence-corrected chi connectivity index (χ3v) is 6.58. The zero-order chi connectivity index (χ0) is 20.5. The second-order valence-electron chi connectivity index (χ2n) is 8.58. The number of carbonyl (C=O) groups excluding carboxylic acids is 1. The van der Waals surface area contributed by atoms with Crippen LogP contribution in [0.2, 0.25) is 0 Å². The number of hydrogen-bond acceptors (Lipinski definition) is 6. The third-order valence-electron chi connectivity index (χ3n) is 6.58. The number of rotatable bonds is 6. The number of aromatic nitrogens is 2. The molecule has 7 heteroatoms. The molecule has 28 heavy (non-hydrogen) atoms. The van der Waals surface area contributed by atoms with Crippen LogP contribution in [0.5, 0.6) is 0 Å². The van der Waals surface area contributed by atoms with E-state index < -0.39 is 0 Å². The molecule has 1 saturated heterocycles. The highest BCUT2D eigenvalue weighted by Crippen LogP contribution is 2.36. The van der Waals surface area contributed by atoms with Crippen LogP contribution in [0.15, 0.2) is 0 Å². The predicted octanol–water partition coefficient (Wildman–Crippen LogP) is 2.31. The minimum absolute atomic E-state index is 0.0276. The van der Waals surface area contributed by atoms with E-state index in [2.05, 4.69) is 27.1 Å². The molecule has 0 spiro atoms. The van der Waals surface area contributed by atoms with E-state index in [1.807, 2.05) is 21.0 Å². The summed E-state index contributed by atoms with van der Waals surface area (Å²) in [6.07, 6.45) is 5.82. The van der Waals surface area contributed by atoms with Crippen LogP contribution in [0, 0.1) is 13.8 Å². The first-order chi connectivity index (χ1) is 13.3. The SMILES string of the molecule is COC1(C(C)N[C@@H]2CCN(c3nc(C(=O)N(C)C)nc(C)c3C)C2)CCCC1. The summed E-state index contributed by atoms with van der Waals surface area (Å²) in [5.74, 6) is 1.00. The van der Waals surface area contributed by atoms with Crippen LogP contribution in [0.25, 0.3) is 0 Å². The number of ether oxygens (including phenoxy) is 1. The fourth-order valence-electron chi connectivity index (χ4n) is 4.60. The smallest absolute Gasteiger partial charge is 0.291 e. The van der Waals surface area contributed by atoms with Gasteiger partial charge in [0, 0.05) is 57.6 Å². The second kappa shape index (κ2) is 8.33. The lowest BCUT2D eigenvalue weighted by molar-refractivity contribution is -0.0329. The minimum Gasteiger partial charge on any atom is -0.377 e. The number of amides is 1. The number of nitrogens with one attached hydrogen (secondary N) is 1. The summed E-state index contributed by atoms with van der Waals surface area (Å²) in [6, 6.07) is 0.717. The molecule has 2 aliphatic rings. The van der Waals surface area contributed by atoms with Crippen molar-refractivity contribution in [1.29, 1.82) is 0 Å². The van der Waals surface area contributed by atoms with Gasteiger partial charge in [-0.15, -0.1) is 0 Å². The van der Waals surface area contributed by atoms with Crippen molar-refractivity contribution < 1.29 is 9.53 Å². The number of carbonyl (C=O) groups is 1. The van der Waals surface area contributed by atoms with Gasteiger partial charge in [0.1, 0.15) is 5.82 Å². The van der Waals surface area contributed by atoms with Crippen LogP contribution in [-0.2, 0) is 4.74 Å². The number of nitrogens with zero attached hydrogens (tertiary/aromatic N) is 4. The molecule has 1 aromatic rings. The van der Waals surface area contributed by atoms with E-state index in [4.69, 9.17) is 4.74 Å². The van der Waals surface area contributed by atoms with Gasteiger partial charge in [0.15, 0.2) is 0 Å². The van der Waals surface area contributed by atoms with Crippen molar-refractivity contribution in [2.75, 3.05) is 39.2 Å². The van der Waals surface area contributed by atoms with Crippen LogP contribution in [0.1, 0.15) is 60.9 Å². The van der Waals surface area contributed by atoms with Crippen LogP contribution in [-0.4, -0.2) is 72.8 Å². The minimum atomic E-state index is -0.157. The van der Waals surface area contributed by atoms with Gasteiger partial charge < -0.3 is 19.9 Å². The molecule has 1 unspecified atom stereocenters. The van der Waals surface area contributed by atoms with Crippen molar-refractivity contribution >= 4 is 11.7 Å². The average molecular weight is 390 g/mol. The van der Waals surface area contributed by atoms with E-state index in [1.165, 1.54) is 17.7 Å². The largest absolute Gasteiger partial charge is 0.377 e. The number of aryl methyl sites for hydroxylation is 1. The lowest BCUT2D eigenvalue weighted by Gasteiger charge is -2.36. The van der Waals surface area contributed by atoms with Crippen molar-refractivity contribution in [3.63, 3.8) is 0 Å². The molecule has 1 saturated carbocycles. The molecule has 156 valence electrons. The van der Waals surface area contributed by atoms with Crippen LogP contribution in [0.3, 0.4) is 0 Å². The molecule has 0 radical (unpaired) electrons. The summed E-state index contributed by atoms with van der Waals surface area (Å²) in [5, 5.41) is 3.82. The summed E-state index contributed by atoms with van der Waals surface area (Å²) in [5.41, 5.74) is 1.89. The van der Waals surface area contributed by atoms with Crippen LogP contribution < -0.4 is 10.2 Å². The van der Waals surface area contributed by atoms with E-state index in [-0.39, 0.29) is 17.3 Å². The first-order valence-corrected chi connectivity index (χ1v) is 10.4. The Balaban J connectivity index is 1.72. The Labute approximate surface area is 168 Å². The standard InChI is InChI=1S/C21H35N5O2/c1-14-15(2)22-18(20(27)25(4)5)24-19(14)26-12-9-17(13-26)23-16(3)21(28-6)10-7-8-11-21/h16-17,23H,7-13H2,1-6H3/t16?,17-/m1/s1. The number of methoxy groups -OCH3 is 1. The van der Waals surface area contributed by atoms with Crippen molar-refractivity contribution in [1.82, 2.24) is 20.2 Å². The Hall–Kier alpha value is -1.73. The normalized spacial score (nSPS) is 22.5. The fraction of sp³-hybridized carbons (Fsp3) is 0.762. The van der Waals surface area contributed by atoms with Gasteiger partial charge in [-0.2, -0.15) is 0 Å². The topological polar surface area (TPSA) is 70.6 Å². The number of hydrogen-bond donors (Lipinski definition) is 1. The maximum absolute atomic E-state index is 12.4. The molecule has 2 heterocycles. The zero-order valence-electron chi connectivity index (χ0n) is 18.2. The first-order valence-electron chi connectivity index (χ1n) is 10.4. The molecular formula is C21H35N5O2.